The zero-order valence-corrected chi connectivity index (χ0v) is 7.86. The van der Waals surface area contributed by atoms with Crippen molar-refractivity contribution in [3.05, 3.63) is 12.2 Å². The first kappa shape index (κ1) is 9.19. The van der Waals surface area contributed by atoms with Crippen molar-refractivity contribution in [1.29, 1.82) is 0 Å². The van der Waals surface area contributed by atoms with E-state index in [2.05, 4.69) is 24.0 Å². The molecule has 0 fully saturated rings. The van der Waals surface area contributed by atoms with E-state index in [0.717, 1.165) is 12.2 Å². The van der Waals surface area contributed by atoms with E-state index in [0.29, 0.717) is 5.92 Å². The maximum absolute atomic E-state index is 5.92. The Hall–Kier alpha value is -0.900. The predicted molar refractivity (Wildman–Crippen MR) is 47.4 cm³/mol. The summed E-state index contributed by atoms with van der Waals surface area (Å²) in [5.74, 6) is 1.46. The normalized spacial score (nSPS) is 13.8. The third-order valence-electron chi connectivity index (χ3n) is 1.80. The van der Waals surface area contributed by atoms with Crippen LogP contribution in [0.15, 0.2) is 6.33 Å². The largest absolute Gasteiger partial charge is 0.321 e. The third kappa shape index (κ3) is 2.04. The highest BCUT2D eigenvalue weighted by molar-refractivity contribution is 4.92. The van der Waals surface area contributed by atoms with Gasteiger partial charge in [-0.25, -0.2) is 0 Å². The summed E-state index contributed by atoms with van der Waals surface area (Å²) in [4.78, 5) is 0. The molecule has 1 aromatic rings. The molecule has 1 aromatic heterocycles. The fourth-order valence-corrected chi connectivity index (χ4v) is 1.24. The van der Waals surface area contributed by atoms with Gasteiger partial charge in [0, 0.05) is 7.05 Å². The minimum absolute atomic E-state index is 0.0116. The van der Waals surface area contributed by atoms with Gasteiger partial charge in [0.15, 0.2) is 0 Å². The van der Waals surface area contributed by atoms with E-state index in [9.17, 15) is 0 Å². The number of nitrogens with zero attached hydrogens (tertiary/aromatic N) is 3. The molecule has 0 aliphatic heterocycles. The Balaban J connectivity index is 2.65. The van der Waals surface area contributed by atoms with Gasteiger partial charge in [-0.1, -0.05) is 13.8 Å². The Labute approximate surface area is 72.8 Å². The van der Waals surface area contributed by atoms with Crippen LogP contribution in [0.3, 0.4) is 0 Å². The summed E-state index contributed by atoms with van der Waals surface area (Å²) in [6.07, 6.45) is 2.63. The van der Waals surface area contributed by atoms with E-state index in [-0.39, 0.29) is 6.04 Å². The van der Waals surface area contributed by atoms with Crippen LogP contribution in [0, 0.1) is 5.92 Å². The van der Waals surface area contributed by atoms with Crippen LogP contribution < -0.4 is 5.73 Å². The zero-order valence-electron chi connectivity index (χ0n) is 7.86. The van der Waals surface area contributed by atoms with Gasteiger partial charge in [0.25, 0.3) is 0 Å². The number of nitrogens with two attached hydrogens (primary N) is 1. The lowest BCUT2D eigenvalue weighted by Gasteiger charge is -2.12. The van der Waals surface area contributed by atoms with Crippen molar-refractivity contribution in [3.8, 4) is 0 Å². The summed E-state index contributed by atoms with van der Waals surface area (Å²) in [6, 6.07) is 0.0116. The predicted octanol–water partition coefficient (Wildman–Crippen LogP) is 0.861. The van der Waals surface area contributed by atoms with E-state index < -0.39 is 0 Å². The molecule has 0 saturated carbocycles. The maximum atomic E-state index is 5.92. The molecule has 1 atom stereocenters. The number of hydrogen-bond acceptors (Lipinski definition) is 3. The lowest BCUT2D eigenvalue weighted by Crippen LogP contribution is -2.17. The number of aryl methyl sites for hydroxylation is 1. The Morgan fingerprint density at radius 1 is 1.58 bits per heavy atom. The smallest absolute Gasteiger partial charge is 0.149 e. The zero-order chi connectivity index (χ0) is 9.14. The summed E-state index contributed by atoms with van der Waals surface area (Å²) in [5, 5.41) is 7.74. The highest BCUT2D eigenvalue weighted by atomic mass is 15.3. The monoisotopic (exact) mass is 168 g/mol. The molecule has 0 unspecified atom stereocenters. The Bertz CT molecular complexity index is 241. The summed E-state index contributed by atoms with van der Waals surface area (Å²) >= 11 is 0. The van der Waals surface area contributed by atoms with E-state index in [1.807, 2.05) is 11.6 Å². The van der Waals surface area contributed by atoms with Crippen molar-refractivity contribution in [2.24, 2.45) is 18.7 Å². The summed E-state index contributed by atoms with van der Waals surface area (Å²) < 4.78 is 1.87. The van der Waals surface area contributed by atoms with Gasteiger partial charge < -0.3 is 10.3 Å². The molecule has 0 spiro atoms. The summed E-state index contributed by atoms with van der Waals surface area (Å²) in [6.45, 7) is 4.30. The van der Waals surface area contributed by atoms with Gasteiger partial charge in [0.2, 0.25) is 0 Å². The molecular weight excluding hydrogens is 152 g/mol. The molecule has 1 rings (SSSR count). The second-order valence-electron chi connectivity index (χ2n) is 3.54. The van der Waals surface area contributed by atoms with Gasteiger partial charge in [-0.2, -0.15) is 0 Å². The first-order chi connectivity index (χ1) is 5.61. The third-order valence-corrected chi connectivity index (χ3v) is 1.80. The van der Waals surface area contributed by atoms with Crippen molar-refractivity contribution in [2.45, 2.75) is 26.3 Å². The fraction of sp³-hybridized carbons (Fsp3) is 0.750. The van der Waals surface area contributed by atoms with Crippen molar-refractivity contribution >= 4 is 0 Å². The fourth-order valence-electron chi connectivity index (χ4n) is 1.24. The van der Waals surface area contributed by atoms with Gasteiger partial charge >= 0.3 is 0 Å². The van der Waals surface area contributed by atoms with Crippen molar-refractivity contribution in [3.63, 3.8) is 0 Å². The molecule has 68 valence electrons. The average molecular weight is 168 g/mol. The molecule has 0 aliphatic carbocycles. The van der Waals surface area contributed by atoms with Crippen molar-refractivity contribution in [1.82, 2.24) is 14.8 Å². The minimum Gasteiger partial charge on any atom is -0.321 e. The summed E-state index contributed by atoms with van der Waals surface area (Å²) in [7, 11) is 1.91. The highest BCUT2D eigenvalue weighted by Crippen LogP contribution is 2.15. The van der Waals surface area contributed by atoms with Crippen molar-refractivity contribution in [2.75, 3.05) is 0 Å². The highest BCUT2D eigenvalue weighted by Gasteiger charge is 2.12. The minimum atomic E-state index is 0.0116. The molecule has 0 aromatic carbocycles. The van der Waals surface area contributed by atoms with E-state index in [1.54, 1.807) is 6.33 Å². The first-order valence-electron chi connectivity index (χ1n) is 4.20. The van der Waals surface area contributed by atoms with Crippen molar-refractivity contribution < 1.29 is 0 Å². The average Bonchev–Trinajstić information content (AvgIpc) is 2.33. The number of rotatable bonds is 3. The van der Waals surface area contributed by atoms with Crippen LogP contribution in [0.25, 0.3) is 0 Å². The summed E-state index contributed by atoms with van der Waals surface area (Å²) in [5.41, 5.74) is 5.92. The van der Waals surface area contributed by atoms with E-state index in [1.165, 1.54) is 0 Å². The van der Waals surface area contributed by atoms with Gasteiger partial charge in [-0.15, -0.1) is 10.2 Å². The molecule has 0 radical (unpaired) electrons. The lowest BCUT2D eigenvalue weighted by molar-refractivity contribution is 0.483. The van der Waals surface area contributed by atoms with E-state index in [4.69, 9.17) is 5.73 Å². The Kier molecular flexibility index (Phi) is 2.81. The van der Waals surface area contributed by atoms with Gasteiger partial charge in [-0.05, 0) is 12.3 Å². The van der Waals surface area contributed by atoms with Crippen LogP contribution in [-0.2, 0) is 7.05 Å². The standard InChI is InChI=1S/C8H16N4/c1-6(2)4-7(9)8-11-10-5-12(8)3/h5-7H,4,9H2,1-3H3/t7-/m1/s1. The SMILES string of the molecule is CC(C)C[C@@H](N)c1nncn1C. The van der Waals surface area contributed by atoms with Crippen LogP contribution in [0.4, 0.5) is 0 Å². The molecule has 0 saturated heterocycles. The quantitative estimate of drug-likeness (QED) is 0.728. The maximum Gasteiger partial charge on any atom is 0.149 e. The second kappa shape index (κ2) is 3.67. The number of hydrogen-bond donors (Lipinski definition) is 1. The van der Waals surface area contributed by atoms with Gasteiger partial charge in [0.1, 0.15) is 12.2 Å². The molecule has 0 aliphatic rings. The molecule has 4 heteroatoms. The Morgan fingerprint density at radius 2 is 2.25 bits per heavy atom. The molecule has 4 nitrogen and oxygen atoms in total. The molecule has 0 bridgehead atoms. The Morgan fingerprint density at radius 3 is 2.67 bits per heavy atom. The number of aromatic nitrogens is 3. The molecule has 0 amide bonds. The molecular formula is C8H16N4. The van der Waals surface area contributed by atoms with Crippen LogP contribution in [-0.4, -0.2) is 14.8 Å². The first-order valence-corrected chi connectivity index (χ1v) is 4.20. The molecule has 12 heavy (non-hydrogen) atoms. The second-order valence-corrected chi connectivity index (χ2v) is 3.54. The van der Waals surface area contributed by atoms with E-state index >= 15 is 0 Å². The molecule has 2 N–H and O–H groups in total. The van der Waals surface area contributed by atoms with Crippen LogP contribution >= 0.6 is 0 Å². The van der Waals surface area contributed by atoms with Gasteiger partial charge in [0.05, 0.1) is 6.04 Å². The lowest BCUT2D eigenvalue weighted by atomic mass is 10.0. The van der Waals surface area contributed by atoms with Crippen LogP contribution in [0.1, 0.15) is 32.1 Å². The molecule has 1 heterocycles. The van der Waals surface area contributed by atoms with Crippen LogP contribution in [0.5, 0.6) is 0 Å². The topological polar surface area (TPSA) is 56.7 Å². The van der Waals surface area contributed by atoms with Crippen LogP contribution in [0.2, 0.25) is 0 Å². The van der Waals surface area contributed by atoms with Gasteiger partial charge in [-0.3, -0.25) is 0 Å².